The number of aliphatic imine (C=N–C) groups is 1. The normalized spacial score (nSPS) is 13.0. The lowest BCUT2D eigenvalue weighted by molar-refractivity contribution is 0.474. The van der Waals surface area contributed by atoms with Crippen molar-refractivity contribution in [3.63, 3.8) is 0 Å². The van der Waals surface area contributed by atoms with Crippen molar-refractivity contribution in [1.82, 2.24) is 9.97 Å². The summed E-state index contributed by atoms with van der Waals surface area (Å²) >= 11 is 0. The highest BCUT2D eigenvalue weighted by molar-refractivity contribution is 6.14. The summed E-state index contributed by atoms with van der Waals surface area (Å²) in [6.07, 6.45) is 4.25. The number of rotatable bonds is 5. The summed E-state index contributed by atoms with van der Waals surface area (Å²) in [4.78, 5) is 12.0. The SMILES string of the molecule is C[C@@H](Cc1cnc[nH]1)N=C(c1ccccc1)c1ccccc1O. The van der Waals surface area contributed by atoms with Crippen LogP contribution in [-0.4, -0.2) is 26.8 Å². The van der Waals surface area contributed by atoms with E-state index in [1.807, 2.05) is 54.7 Å². The van der Waals surface area contributed by atoms with Crippen molar-refractivity contribution >= 4 is 5.71 Å². The molecule has 0 saturated carbocycles. The van der Waals surface area contributed by atoms with Gasteiger partial charge in [0.2, 0.25) is 0 Å². The van der Waals surface area contributed by atoms with Gasteiger partial charge in [0.1, 0.15) is 5.75 Å². The third-order valence-corrected chi connectivity index (χ3v) is 3.63. The number of nitrogens with one attached hydrogen (secondary N) is 1. The van der Waals surface area contributed by atoms with E-state index >= 15 is 0 Å². The third-order valence-electron chi connectivity index (χ3n) is 3.63. The van der Waals surface area contributed by atoms with E-state index in [1.165, 1.54) is 0 Å². The molecule has 2 N–H and O–H groups in total. The maximum atomic E-state index is 10.2. The van der Waals surface area contributed by atoms with Crippen molar-refractivity contribution in [3.8, 4) is 5.75 Å². The maximum Gasteiger partial charge on any atom is 0.124 e. The minimum atomic E-state index is 0.0604. The van der Waals surface area contributed by atoms with Crippen molar-refractivity contribution in [2.75, 3.05) is 0 Å². The molecule has 0 aliphatic rings. The fourth-order valence-corrected chi connectivity index (χ4v) is 2.55. The Morgan fingerprint density at radius 3 is 2.57 bits per heavy atom. The van der Waals surface area contributed by atoms with Gasteiger partial charge in [-0.25, -0.2) is 4.98 Å². The molecule has 3 rings (SSSR count). The van der Waals surface area contributed by atoms with Gasteiger partial charge in [-0.05, 0) is 19.1 Å². The van der Waals surface area contributed by atoms with Crippen LogP contribution in [0.5, 0.6) is 5.75 Å². The minimum Gasteiger partial charge on any atom is -0.507 e. The van der Waals surface area contributed by atoms with Crippen molar-refractivity contribution < 1.29 is 5.11 Å². The Balaban J connectivity index is 1.98. The lowest BCUT2D eigenvalue weighted by Crippen LogP contribution is -2.11. The van der Waals surface area contributed by atoms with E-state index in [0.29, 0.717) is 0 Å². The number of aromatic nitrogens is 2. The average Bonchev–Trinajstić information content (AvgIpc) is 3.07. The van der Waals surface area contributed by atoms with Gasteiger partial charge in [-0.2, -0.15) is 0 Å². The number of imidazole rings is 1. The number of aromatic hydroxyl groups is 1. The van der Waals surface area contributed by atoms with Crippen LogP contribution in [0.4, 0.5) is 0 Å². The summed E-state index contributed by atoms with van der Waals surface area (Å²) in [6.45, 7) is 2.06. The Hall–Kier alpha value is -2.88. The maximum absolute atomic E-state index is 10.2. The highest BCUT2D eigenvalue weighted by Gasteiger charge is 2.13. The average molecular weight is 305 g/mol. The van der Waals surface area contributed by atoms with Crippen LogP contribution in [-0.2, 0) is 6.42 Å². The standard InChI is InChI=1S/C19H19N3O/c1-14(11-16-12-20-13-21-16)22-19(15-7-3-2-4-8-15)17-9-5-6-10-18(17)23/h2-10,12-14,23H,11H2,1H3,(H,20,21)/t14-/m0/s1. The first-order valence-corrected chi connectivity index (χ1v) is 7.63. The summed E-state index contributed by atoms with van der Waals surface area (Å²) in [5.41, 5.74) is 3.59. The predicted molar refractivity (Wildman–Crippen MR) is 91.9 cm³/mol. The van der Waals surface area contributed by atoms with Crippen molar-refractivity contribution in [2.24, 2.45) is 4.99 Å². The first-order valence-electron chi connectivity index (χ1n) is 7.63. The van der Waals surface area contributed by atoms with Gasteiger partial charge in [-0.1, -0.05) is 42.5 Å². The highest BCUT2D eigenvalue weighted by Crippen LogP contribution is 2.21. The van der Waals surface area contributed by atoms with Crippen LogP contribution in [0.25, 0.3) is 0 Å². The Morgan fingerprint density at radius 2 is 1.87 bits per heavy atom. The molecule has 4 heteroatoms. The van der Waals surface area contributed by atoms with Gasteiger partial charge in [0.15, 0.2) is 0 Å². The molecule has 1 heterocycles. The molecule has 0 saturated heterocycles. The molecular weight excluding hydrogens is 286 g/mol. The fourth-order valence-electron chi connectivity index (χ4n) is 2.55. The molecule has 4 nitrogen and oxygen atoms in total. The van der Waals surface area contributed by atoms with Crippen LogP contribution in [0.3, 0.4) is 0 Å². The Bertz CT molecular complexity index is 779. The van der Waals surface area contributed by atoms with E-state index in [2.05, 4.69) is 16.9 Å². The topological polar surface area (TPSA) is 61.3 Å². The molecule has 0 amide bonds. The Kier molecular flexibility index (Phi) is 4.52. The Morgan fingerprint density at radius 1 is 1.13 bits per heavy atom. The van der Waals surface area contributed by atoms with Crippen LogP contribution >= 0.6 is 0 Å². The third kappa shape index (κ3) is 3.66. The second-order valence-corrected chi connectivity index (χ2v) is 5.49. The number of para-hydroxylation sites is 1. The van der Waals surface area contributed by atoms with E-state index in [0.717, 1.165) is 29.0 Å². The lowest BCUT2D eigenvalue weighted by atomic mass is 10.0. The summed E-state index contributed by atoms with van der Waals surface area (Å²) in [5, 5.41) is 10.2. The van der Waals surface area contributed by atoms with E-state index in [1.54, 1.807) is 12.4 Å². The van der Waals surface area contributed by atoms with Crippen LogP contribution < -0.4 is 0 Å². The zero-order valence-electron chi connectivity index (χ0n) is 13.0. The van der Waals surface area contributed by atoms with Crippen molar-refractivity contribution in [3.05, 3.63) is 83.9 Å². The Labute approximate surface area is 135 Å². The van der Waals surface area contributed by atoms with E-state index in [-0.39, 0.29) is 11.8 Å². The molecule has 0 spiro atoms. The number of benzene rings is 2. The van der Waals surface area contributed by atoms with Gasteiger partial charge in [0.05, 0.1) is 18.1 Å². The quantitative estimate of drug-likeness (QED) is 0.708. The van der Waals surface area contributed by atoms with Crippen molar-refractivity contribution in [1.29, 1.82) is 0 Å². The molecule has 0 unspecified atom stereocenters. The largest absolute Gasteiger partial charge is 0.507 e. The van der Waals surface area contributed by atoms with Gasteiger partial charge >= 0.3 is 0 Å². The molecule has 0 radical (unpaired) electrons. The number of phenolic OH excluding ortho intramolecular Hbond substituents is 1. The summed E-state index contributed by atoms with van der Waals surface area (Å²) in [6, 6.07) is 17.3. The van der Waals surface area contributed by atoms with E-state index < -0.39 is 0 Å². The number of hydrogen-bond donors (Lipinski definition) is 2. The first-order chi connectivity index (χ1) is 11.2. The summed E-state index contributed by atoms with van der Waals surface area (Å²) in [7, 11) is 0. The summed E-state index contributed by atoms with van der Waals surface area (Å²) in [5.74, 6) is 0.240. The van der Waals surface area contributed by atoms with E-state index in [4.69, 9.17) is 4.99 Å². The zero-order chi connectivity index (χ0) is 16.1. The van der Waals surface area contributed by atoms with Gasteiger partial charge < -0.3 is 10.1 Å². The molecular formula is C19H19N3O. The molecule has 0 aliphatic carbocycles. The monoisotopic (exact) mass is 305 g/mol. The molecule has 1 aromatic heterocycles. The van der Waals surface area contributed by atoms with E-state index in [9.17, 15) is 5.11 Å². The van der Waals surface area contributed by atoms with Gasteiger partial charge in [0, 0.05) is 29.4 Å². The van der Waals surface area contributed by atoms with Gasteiger partial charge in [0.25, 0.3) is 0 Å². The van der Waals surface area contributed by atoms with Crippen LogP contribution in [0.1, 0.15) is 23.7 Å². The number of hydrogen-bond acceptors (Lipinski definition) is 3. The predicted octanol–water partition coefficient (Wildman–Crippen LogP) is 3.58. The summed E-state index contributed by atoms with van der Waals surface area (Å²) < 4.78 is 0. The number of aromatic amines is 1. The zero-order valence-corrected chi connectivity index (χ0v) is 13.0. The van der Waals surface area contributed by atoms with Gasteiger partial charge in [-0.15, -0.1) is 0 Å². The number of phenols is 1. The molecule has 116 valence electrons. The number of H-pyrrole nitrogens is 1. The molecule has 3 aromatic rings. The van der Waals surface area contributed by atoms with Crippen LogP contribution in [0, 0.1) is 0 Å². The molecule has 1 atom stereocenters. The highest BCUT2D eigenvalue weighted by atomic mass is 16.3. The molecule has 0 fully saturated rings. The molecule has 2 aromatic carbocycles. The van der Waals surface area contributed by atoms with Crippen LogP contribution in [0.2, 0.25) is 0 Å². The van der Waals surface area contributed by atoms with Gasteiger partial charge in [-0.3, -0.25) is 4.99 Å². The second-order valence-electron chi connectivity index (χ2n) is 5.49. The first kappa shape index (κ1) is 15.0. The lowest BCUT2D eigenvalue weighted by Gasteiger charge is -2.13. The molecule has 0 bridgehead atoms. The van der Waals surface area contributed by atoms with Crippen LogP contribution in [0.15, 0.2) is 72.1 Å². The second kappa shape index (κ2) is 6.92. The molecule has 23 heavy (non-hydrogen) atoms. The minimum absolute atomic E-state index is 0.0604. The number of nitrogens with zero attached hydrogens (tertiary/aromatic N) is 2. The molecule has 0 aliphatic heterocycles. The fraction of sp³-hybridized carbons (Fsp3) is 0.158. The smallest absolute Gasteiger partial charge is 0.124 e. The van der Waals surface area contributed by atoms with Crippen molar-refractivity contribution in [2.45, 2.75) is 19.4 Å².